The van der Waals surface area contributed by atoms with Crippen molar-refractivity contribution in [2.75, 3.05) is 6.54 Å². The summed E-state index contributed by atoms with van der Waals surface area (Å²) in [7, 11) is 0. The van der Waals surface area contributed by atoms with Crippen molar-refractivity contribution in [2.45, 2.75) is 46.2 Å². The van der Waals surface area contributed by atoms with Crippen LogP contribution in [0.15, 0.2) is 0 Å². The predicted octanol–water partition coefficient (Wildman–Crippen LogP) is 0.600. The number of nitrogens with one attached hydrogen (secondary N) is 2. The lowest BCUT2D eigenvalue weighted by Gasteiger charge is -2.29. The summed E-state index contributed by atoms with van der Waals surface area (Å²) in [5.74, 6) is -1.27. The molecule has 5 nitrogen and oxygen atoms in total. The summed E-state index contributed by atoms with van der Waals surface area (Å²) < 4.78 is 0. The van der Waals surface area contributed by atoms with Crippen molar-refractivity contribution < 1.29 is 14.7 Å². The average Bonchev–Trinajstić information content (AvgIpc) is 2.58. The van der Waals surface area contributed by atoms with Crippen LogP contribution in [-0.4, -0.2) is 35.6 Å². The molecule has 1 heterocycles. The Morgan fingerprint density at radius 1 is 1.41 bits per heavy atom. The highest BCUT2D eigenvalue weighted by Crippen LogP contribution is 2.21. The maximum Gasteiger partial charge on any atom is 0.326 e. The Morgan fingerprint density at radius 2 is 2.00 bits per heavy atom. The number of rotatable bonds is 3. The van der Waals surface area contributed by atoms with Gasteiger partial charge >= 0.3 is 5.97 Å². The molecule has 0 bridgehead atoms. The van der Waals surface area contributed by atoms with Crippen LogP contribution in [0.1, 0.15) is 34.1 Å². The van der Waals surface area contributed by atoms with Crippen molar-refractivity contribution in [3.63, 3.8) is 0 Å². The van der Waals surface area contributed by atoms with Gasteiger partial charge in [-0.05, 0) is 25.3 Å². The van der Waals surface area contributed by atoms with Gasteiger partial charge in [-0.3, -0.25) is 4.79 Å². The fourth-order valence-electron chi connectivity index (χ4n) is 2.11. The van der Waals surface area contributed by atoms with Crippen LogP contribution in [0.4, 0.5) is 0 Å². The monoisotopic (exact) mass is 242 g/mol. The smallest absolute Gasteiger partial charge is 0.326 e. The van der Waals surface area contributed by atoms with Gasteiger partial charge in [0.1, 0.15) is 6.04 Å². The molecule has 0 aromatic heterocycles. The lowest BCUT2D eigenvalue weighted by molar-refractivity contribution is -0.145. The minimum Gasteiger partial charge on any atom is -0.480 e. The molecule has 0 radical (unpaired) electrons. The highest BCUT2D eigenvalue weighted by molar-refractivity contribution is 5.86. The Balaban J connectivity index is 2.68. The summed E-state index contributed by atoms with van der Waals surface area (Å²) in [4.78, 5) is 23.2. The first-order valence-electron chi connectivity index (χ1n) is 6.00. The van der Waals surface area contributed by atoms with Gasteiger partial charge in [0.15, 0.2) is 0 Å². The molecule has 1 saturated heterocycles. The topological polar surface area (TPSA) is 78.4 Å². The molecule has 3 N–H and O–H groups in total. The van der Waals surface area contributed by atoms with E-state index >= 15 is 0 Å². The highest BCUT2D eigenvalue weighted by atomic mass is 16.4. The van der Waals surface area contributed by atoms with E-state index in [-0.39, 0.29) is 17.9 Å². The number of carbonyl (C=O) groups is 2. The van der Waals surface area contributed by atoms with Gasteiger partial charge in [0, 0.05) is 6.04 Å². The molecule has 1 aliphatic rings. The van der Waals surface area contributed by atoms with Crippen LogP contribution in [0.3, 0.4) is 0 Å². The van der Waals surface area contributed by atoms with Crippen molar-refractivity contribution in [2.24, 2.45) is 11.3 Å². The van der Waals surface area contributed by atoms with Gasteiger partial charge in [0.25, 0.3) is 0 Å². The maximum atomic E-state index is 12.0. The Hall–Kier alpha value is -1.10. The minimum absolute atomic E-state index is 0.115. The zero-order chi connectivity index (χ0) is 13.2. The number of carboxylic acids is 1. The van der Waals surface area contributed by atoms with Gasteiger partial charge in [-0.15, -0.1) is 0 Å². The zero-order valence-corrected chi connectivity index (χ0v) is 10.9. The van der Waals surface area contributed by atoms with E-state index < -0.39 is 17.4 Å². The first-order valence-corrected chi connectivity index (χ1v) is 6.00. The van der Waals surface area contributed by atoms with E-state index in [1.807, 2.05) is 27.7 Å². The third-order valence-electron chi connectivity index (χ3n) is 3.26. The van der Waals surface area contributed by atoms with E-state index in [1.165, 1.54) is 0 Å². The lowest BCUT2D eigenvalue weighted by atomic mass is 9.86. The molecule has 3 atom stereocenters. The normalized spacial score (nSPS) is 26.6. The second kappa shape index (κ2) is 5.04. The minimum atomic E-state index is -0.982. The molecular weight excluding hydrogens is 220 g/mol. The molecule has 0 aromatic rings. The summed E-state index contributed by atoms with van der Waals surface area (Å²) in [5.41, 5.74) is -0.489. The molecule has 0 aromatic carbocycles. The van der Waals surface area contributed by atoms with Crippen LogP contribution >= 0.6 is 0 Å². The predicted molar refractivity (Wildman–Crippen MR) is 64.6 cm³/mol. The maximum absolute atomic E-state index is 12.0. The van der Waals surface area contributed by atoms with Crippen LogP contribution in [0, 0.1) is 11.3 Å². The zero-order valence-electron chi connectivity index (χ0n) is 10.9. The van der Waals surface area contributed by atoms with Gasteiger partial charge in [0.05, 0.1) is 5.92 Å². The van der Waals surface area contributed by atoms with Crippen LogP contribution in [0.25, 0.3) is 0 Å². The first-order chi connectivity index (χ1) is 7.73. The third-order valence-corrected chi connectivity index (χ3v) is 3.26. The van der Waals surface area contributed by atoms with Gasteiger partial charge in [-0.2, -0.15) is 0 Å². The lowest BCUT2D eigenvalue weighted by Crippen LogP contribution is -2.51. The van der Waals surface area contributed by atoms with Crippen LogP contribution < -0.4 is 10.6 Å². The van der Waals surface area contributed by atoms with Crippen molar-refractivity contribution in [3.05, 3.63) is 0 Å². The van der Waals surface area contributed by atoms with E-state index in [9.17, 15) is 9.59 Å². The SMILES string of the molecule is CC1NCCC1C(=O)NC(C(=O)O)C(C)(C)C. The number of aliphatic carboxylic acids is 1. The number of hydrogen-bond donors (Lipinski definition) is 3. The molecule has 98 valence electrons. The summed E-state index contributed by atoms with van der Waals surface area (Å²) in [6.07, 6.45) is 0.767. The molecule has 17 heavy (non-hydrogen) atoms. The van der Waals surface area contributed by atoms with Gasteiger partial charge in [-0.25, -0.2) is 4.79 Å². The Labute approximate surface area is 102 Å². The fourth-order valence-corrected chi connectivity index (χ4v) is 2.11. The number of amides is 1. The summed E-state index contributed by atoms with van der Waals surface area (Å²) in [6, 6.07) is -0.729. The summed E-state index contributed by atoms with van der Waals surface area (Å²) in [5, 5.41) is 15.0. The standard InChI is InChI=1S/C12H22N2O3/c1-7-8(5-6-13-7)10(15)14-9(11(16)17)12(2,3)4/h7-9,13H,5-6H2,1-4H3,(H,14,15)(H,16,17). The van der Waals surface area contributed by atoms with Gasteiger partial charge < -0.3 is 15.7 Å². The van der Waals surface area contributed by atoms with Crippen molar-refractivity contribution in [3.8, 4) is 0 Å². The average molecular weight is 242 g/mol. The molecule has 0 saturated carbocycles. The first kappa shape index (κ1) is 14.0. The van der Waals surface area contributed by atoms with E-state index in [4.69, 9.17) is 5.11 Å². The number of carbonyl (C=O) groups excluding carboxylic acids is 1. The quantitative estimate of drug-likeness (QED) is 0.677. The van der Waals surface area contributed by atoms with Crippen LogP contribution in [0.2, 0.25) is 0 Å². The Bertz CT molecular complexity index is 309. The Morgan fingerprint density at radius 3 is 2.35 bits per heavy atom. The van der Waals surface area contributed by atoms with Crippen molar-refractivity contribution in [1.29, 1.82) is 0 Å². The largest absolute Gasteiger partial charge is 0.480 e. The summed E-state index contributed by atoms with van der Waals surface area (Å²) in [6.45, 7) is 8.18. The van der Waals surface area contributed by atoms with E-state index in [1.54, 1.807) is 0 Å². The van der Waals surface area contributed by atoms with E-state index in [0.717, 1.165) is 13.0 Å². The highest BCUT2D eigenvalue weighted by Gasteiger charge is 2.36. The molecule has 1 rings (SSSR count). The number of hydrogen-bond acceptors (Lipinski definition) is 3. The molecule has 1 amide bonds. The molecule has 1 aliphatic heterocycles. The fraction of sp³-hybridized carbons (Fsp3) is 0.833. The van der Waals surface area contributed by atoms with Crippen molar-refractivity contribution in [1.82, 2.24) is 10.6 Å². The van der Waals surface area contributed by atoms with Gasteiger partial charge in [0.2, 0.25) is 5.91 Å². The van der Waals surface area contributed by atoms with Crippen LogP contribution in [0.5, 0.6) is 0 Å². The molecular formula is C12H22N2O3. The molecule has 5 heteroatoms. The molecule has 1 fully saturated rings. The molecule has 0 aliphatic carbocycles. The number of carboxylic acid groups (broad SMARTS) is 1. The summed E-state index contributed by atoms with van der Waals surface area (Å²) >= 11 is 0. The van der Waals surface area contributed by atoms with Crippen molar-refractivity contribution >= 4 is 11.9 Å². The second-order valence-corrected chi connectivity index (χ2v) is 5.78. The van der Waals surface area contributed by atoms with Crippen LogP contribution in [-0.2, 0) is 9.59 Å². The van der Waals surface area contributed by atoms with Gasteiger partial charge in [-0.1, -0.05) is 20.8 Å². The third kappa shape index (κ3) is 3.43. The molecule has 3 unspecified atom stereocenters. The second-order valence-electron chi connectivity index (χ2n) is 5.78. The Kier molecular flexibility index (Phi) is 4.14. The van der Waals surface area contributed by atoms with E-state index in [2.05, 4.69) is 10.6 Å². The van der Waals surface area contributed by atoms with E-state index in [0.29, 0.717) is 0 Å². The molecule has 0 spiro atoms.